The number of anilines is 1. The molecule has 0 atom stereocenters. The smallest absolute Gasteiger partial charge is 0.223 e. The SMILES string of the molecule is COc1ccc(CNC(=O)C2CCN(c3snc(Cl)c3C#N)CC2)cc1. The molecule has 26 heavy (non-hydrogen) atoms. The highest BCUT2D eigenvalue weighted by atomic mass is 35.5. The number of ether oxygens (including phenoxy) is 1. The van der Waals surface area contributed by atoms with Crippen LogP contribution >= 0.6 is 23.1 Å². The van der Waals surface area contributed by atoms with Gasteiger partial charge >= 0.3 is 0 Å². The van der Waals surface area contributed by atoms with Gasteiger partial charge in [-0.05, 0) is 42.1 Å². The molecule has 0 aliphatic carbocycles. The molecule has 0 saturated carbocycles. The van der Waals surface area contributed by atoms with Crippen molar-refractivity contribution in [1.82, 2.24) is 9.69 Å². The van der Waals surface area contributed by atoms with E-state index in [-0.39, 0.29) is 17.0 Å². The van der Waals surface area contributed by atoms with Gasteiger partial charge in [-0.1, -0.05) is 23.7 Å². The van der Waals surface area contributed by atoms with Crippen molar-refractivity contribution in [3.63, 3.8) is 0 Å². The number of rotatable bonds is 5. The van der Waals surface area contributed by atoms with Crippen molar-refractivity contribution in [2.75, 3.05) is 25.1 Å². The molecule has 0 radical (unpaired) electrons. The van der Waals surface area contributed by atoms with E-state index in [4.69, 9.17) is 16.3 Å². The Hall–Kier alpha value is -2.30. The molecular formula is C18H19ClN4O2S. The van der Waals surface area contributed by atoms with Crippen LogP contribution in [0.5, 0.6) is 5.75 Å². The summed E-state index contributed by atoms with van der Waals surface area (Å²) >= 11 is 7.18. The van der Waals surface area contributed by atoms with Crippen molar-refractivity contribution in [3.8, 4) is 11.8 Å². The number of aromatic nitrogens is 1. The summed E-state index contributed by atoms with van der Waals surface area (Å²) in [5, 5.41) is 13.3. The van der Waals surface area contributed by atoms with E-state index in [0.717, 1.165) is 29.2 Å². The van der Waals surface area contributed by atoms with Crippen molar-refractivity contribution >= 4 is 34.0 Å². The minimum absolute atomic E-state index is 0.0153. The molecule has 8 heteroatoms. The third kappa shape index (κ3) is 4.09. The molecule has 1 amide bonds. The van der Waals surface area contributed by atoms with Crippen molar-refractivity contribution in [1.29, 1.82) is 5.26 Å². The van der Waals surface area contributed by atoms with E-state index in [0.29, 0.717) is 25.2 Å². The van der Waals surface area contributed by atoms with Crippen LogP contribution in [0.1, 0.15) is 24.0 Å². The van der Waals surface area contributed by atoms with Gasteiger partial charge in [0.2, 0.25) is 5.91 Å². The van der Waals surface area contributed by atoms with Crippen LogP contribution in [0.2, 0.25) is 5.15 Å². The molecule has 3 rings (SSSR count). The van der Waals surface area contributed by atoms with E-state index in [1.807, 2.05) is 24.3 Å². The van der Waals surface area contributed by atoms with Gasteiger partial charge in [-0.25, -0.2) is 0 Å². The first-order valence-corrected chi connectivity index (χ1v) is 9.48. The number of nitrogens with one attached hydrogen (secondary N) is 1. The number of amides is 1. The fourth-order valence-electron chi connectivity index (χ4n) is 2.99. The second-order valence-electron chi connectivity index (χ2n) is 6.09. The number of methoxy groups -OCH3 is 1. The van der Waals surface area contributed by atoms with Crippen LogP contribution < -0.4 is 15.0 Å². The standard InChI is InChI=1S/C18H19ClN4O2S/c1-25-14-4-2-12(3-5-14)11-21-17(24)13-6-8-23(9-7-13)18-15(10-20)16(19)22-26-18/h2-5,13H,6-9,11H2,1H3,(H,21,24). The Morgan fingerprint density at radius 1 is 1.42 bits per heavy atom. The number of piperidine rings is 1. The van der Waals surface area contributed by atoms with Gasteiger partial charge in [0.1, 0.15) is 22.4 Å². The van der Waals surface area contributed by atoms with Crippen molar-refractivity contribution in [2.24, 2.45) is 5.92 Å². The lowest BCUT2D eigenvalue weighted by molar-refractivity contribution is -0.125. The highest BCUT2D eigenvalue weighted by Gasteiger charge is 2.27. The highest BCUT2D eigenvalue weighted by Crippen LogP contribution is 2.33. The Kier molecular flexibility index (Phi) is 5.96. The molecule has 1 aromatic heterocycles. The Bertz CT molecular complexity index is 808. The van der Waals surface area contributed by atoms with Crippen LogP contribution in [-0.4, -0.2) is 30.5 Å². The first kappa shape index (κ1) is 18.5. The number of halogens is 1. The maximum atomic E-state index is 12.4. The fourth-order valence-corrected chi connectivity index (χ4v) is 4.08. The molecule has 1 saturated heterocycles. The summed E-state index contributed by atoms with van der Waals surface area (Å²) in [6, 6.07) is 9.76. The second-order valence-corrected chi connectivity index (χ2v) is 7.20. The zero-order valence-electron chi connectivity index (χ0n) is 14.4. The summed E-state index contributed by atoms with van der Waals surface area (Å²) in [5.41, 5.74) is 1.47. The third-order valence-electron chi connectivity index (χ3n) is 4.52. The van der Waals surface area contributed by atoms with Crippen LogP contribution in [0.4, 0.5) is 5.00 Å². The van der Waals surface area contributed by atoms with Gasteiger partial charge in [-0.3, -0.25) is 4.79 Å². The van der Waals surface area contributed by atoms with Crippen LogP contribution in [0, 0.1) is 17.2 Å². The quantitative estimate of drug-likeness (QED) is 0.848. The molecule has 6 nitrogen and oxygen atoms in total. The molecule has 1 aliphatic rings. The van der Waals surface area contributed by atoms with Gasteiger partial charge in [-0.2, -0.15) is 9.64 Å². The van der Waals surface area contributed by atoms with Crippen molar-refractivity contribution in [2.45, 2.75) is 19.4 Å². The molecule has 1 fully saturated rings. The summed E-state index contributed by atoms with van der Waals surface area (Å²) in [6.45, 7) is 1.94. The molecule has 1 aromatic carbocycles. The van der Waals surface area contributed by atoms with Crippen molar-refractivity contribution in [3.05, 3.63) is 40.5 Å². The van der Waals surface area contributed by atoms with Crippen LogP contribution in [0.15, 0.2) is 24.3 Å². The number of hydrogen-bond donors (Lipinski definition) is 1. The zero-order valence-corrected chi connectivity index (χ0v) is 15.9. The lowest BCUT2D eigenvalue weighted by atomic mass is 9.96. The number of benzene rings is 1. The van der Waals surface area contributed by atoms with E-state index in [1.54, 1.807) is 7.11 Å². The molecule has 0 unspecified atom stereocenters. The average molecular weight is 391 g/mol. The lowest BCUT2D eigenvalue weighted by Crippen LogP contribution is -2.40. The summed E-state index contributed by atoms with van der Waals surface area (Å²) in [6.07, 6.45) is 1.49. The Balaban J connectivity index is 1.51. The maximum absolute atomic E-state index is 12.4. The van der Waals surface area contributed by atoms with E-state index >= 15 is 0 Å². The second kappa shape index (κ2) is 8.39. The van der Waals surface area contributed by atoms with Gasteiger partial charge in [0.05, 0.1) is 7.11 Å². The number of carbonyl (C=O) groups excluding carboxylic acids is 1. The predicted molar refractivity (Wildman–Crippen MR) is 102 cm³/mol. The van der Waals surface area contributed by atoms with Gasteiger partial charge in [0, 0.05) is 25.6 Å². The molecule has 1 aliphatic heterocycles. The van der Waals surface area contributed by atoms with E-state index in [2.05, 4.69) is 20.7 Å². The normalized spacial score (nSPS) is 14.7. The number of carbonyl (C=O) groups is 1. The predicted octanol–water partition coefficient (Wildman–Crippen LogP) is 3.21. The summed E-state index contributed by atoms with van der Waals surface area (Å²) in [5.74, 6) is 0.856. The molecule has 0 spiro atoms. The largest absolute Gasteiger partial charge is 0.497 e. The first-order valence-electron chi connectivity index (χ1n) is 8.33. The maximum Gasteiger partial charge on any atom is 0.223 e. The first-order chi connectivity index (χ1) is 12.6. The monoisotopic (exact) mass is 390 g/mol. The Morgan fingerprint density at radius 2 is 2.12 bits per heavy atom. The highest BCUT2D eigenvalue weighted by molar-refractivity contribution is 7.10. The zero-order chi connectivity index (χ0) is 18.5. The molecule has 1 N–H and O–H groups in total. The number of nitrogens with zero attached hydrogens (tertiary/aromatic N) is 3. The van der Waals surface area contributed by atoms with Gasteiger partial charge in [0.15, 0.2) is 5.15 Å². The van der Waals surface area contributed by atoms with Gasteiger partial charge in [-0.15, -0.1) is 0 Å². The van der Waals surface area contributed by atoms with Crippen LogP contribution in [-0.2, 0) is 11.3 Å². The summed E-state index contributed by atoms with van der Waals surface area (Å²) in [4.78, 5) is 14.5. The average Bonchev–Trinajstić information content (AvgIpc) is 3.07. The molecule has 136 valence electrons. The fraction of sp³-hybridized carbons (Fsp3) is 0.389. The Morgan fingerprint density at radius 3 is 2.73 bits per heavy atom. The topological polar surface area (TPSA) is 78.2 Å². The van der Waals surface area contributed by atoms with Crippen LogP contribution in [0.25, 0.3) is 0 Å². The molecule has 2 aromatic rings. The number of hydrogen-bond acceptors (Lipinski definition) is 6. The van der Waals surface area contributed by atoms with Crippen molar-refractivity contribution < 1.29 is 9.53 Å². The van der Waals surface area contributed by atoms with E-state index in [1.165, 1.54) is 11.5 Å². The van der Waals surface area contributed by atoms with Gasteiger partial charge in [0.25, 0.3) is 0 Å². The Labute approximate surface area is 161 Å². The summed E-state index contributed by atoms with van der Waals surface area (Å²) in [7, 11) is 1.63. The third-order valence-corrected chi connectivity index (χ3v) is 5.81. The van der Waals surface area contributed by atoms with E-state index in [9.17, 15) is 10.1 Å². The van der Waals surface area contributed by atoms with Gasteiger partial charge < -0.3 is 15.0 Å². The lowest BCUT2D eigenvalue weighted by Gasteiger charge is -2.31. The van der Waals surface area contributed by atoms with E-state index < -0.39 is 0 Å². The van der Waals surface area contributed by atoms with Crippen LogP contribution in [0.3, 0.4) is 0 Å². The summed E-state index contributed by atoms with van der Waals surface area (Å²) < 4.78 is 9.18. The molecule has 0 bridgehead atoms. The molecular weight excluding hydrogens is 372 g/mol. The minimum atomic E-state index is -0.0153. The molecule has 2 heterocycles. The number of nitriles is 1. The minimum Gasteiger partial charge on any atom is -0.497 e.